The molecule has 0 bridgehead atoms. The lowest BCUT2D eigenvalue weighted by Gasteiger charge is -2.13. The predicted octanol–water partition coefficient (Wildman–Crippen LogP) is 8.03. The van der Waals surface area contributed by atoms with E-state index in [0.29, 0.717) is 30.3 Å². The van der Waals surface area contributed by atoms with E-state index in [1.807, 2.05) is 67.6 Å². The lowest BCUT2D eigenvalue weighted by atomic mass is 10.00. The lowest BCUT2D eigenvalue weighted by Crippen LogP contribution is -2.00. The second-order valence-electron chi connectivity index (χ2n) is 8.34. The topological polar surface area (TPSA) is 42.2 Å². The molecule has 0 spiro atoms. The Kier molecular flexibility index (Phi) is 6.46. The number of hydrogen-bond acceptors (Lipinski definition) is 3. The van der Waals surface area contributed by atoms with Crippen molar-refractivity contribution >= 4 is 33.2 Å². The van der Waals surface area contributed by atoms with Crippen LogP contribution in [0.2, 0.25) is 0 Å². The van der Waals surface area contributed by atoms with Crippen LogP contribution in [-0.4, -0.2) is 6.61 Å². The summed E-state index contributed by atoms with van der Waals surface area (Å²) >= 11 is 0. The summed E-state index contributed by atoms with van der Waals surface area (Å²) in [5, 5.41) is 14.5. The molecule has 35 heavy (non-hydrogen) atoms. The maximum atomic E-state index is 9.85. The van der Waals surface area contributed by atoms with E-state index < -0.39 is 0 Å². The number of rotatable bonds is 7. The minimum atomic E-state index is 0.445. The molecule has 5 aromatic rings. The summed E-state index contributed by atoms with van der Waals surface area (Å²) in [4.78, 5) is 0. The van der Waals surface area contributed by atoms with Gasteiger partial charge in [0.1, 0.15) is 6.61 Å². The Labute approximate surface area is 205 Å². The monoisotopic (exact) mass is 455 g/mol. The van der Waals surface area contributed by atoms with E-state index in [0.717, 1.165) is 27.5 Å². The number of ether oxygens (including phenoxy) is 2. The zero-order chi connectivity index (χ0) is 24.0. The molecule has 0 saturated heterocycles. The fourth-order valence-corrected chi connectivity index (χ4v) is 4.20. The number of nitrogens with zero attached hydrogens (tertiary/aromatic N) is 1. The van der Waals surface area contributed by atoms with Gasteiger partial charge < -0.3 is 9.47 Å². The van der Waals surface area contributed by atoms with E-state index in [4.69, 9.17) is 9.47 Å². The van der Waals surface area contributed by atoms with Crippen molar-refractivity contribution in [1.82, 2.24) is 0 Å². The summed E-state index contributed by atoms with van der Waals surface area (Å²) in [7, 11) is 0. The number of hydrogen-bond donors (Lipinski definition) is 0. The summed E-state index contributed by atoms with van der Waals surface area (Å²) in [5.41, 5.74) is 3.47. The molecule has 0 N–H and O–H groups in total. The second-order valence-corrected chi connectivity index (χ2v) is 8.34. The third kappa shape index (κ3) is 5.03. The molecule has 0 unspecified atom stereocenters. The first kappa shape index (κ1) is 22.3. The van der Waals surface area contributed by atoms with Crippen LogP contribution in [0.4, 0.5) is 0 Å². The van der Waals surface area contributed by atoms with Crippen LogP contribution in [0, 0.1) is 11.3 Å². The Bertz CT molecular complexity index is 1580. The molecule has 0 heterocycles. The van der Waals surface area contributed by atoms with Crippen molar-refractivity contribution in [2.24, 2.45) is 0 Å². The molecule has 0 amide bonds. The lowest BCUT2D eigenvalue weighted by molar-refractivity contribution is 0.269. The quantitative estimate of drug-likeness (QED) is 0.184. The smallest absolute Gasteiger partial charge is 0.161 e. The Morgan fingerprint density at radius 2 is 1.40 bits per heavy atom. The number of allylic oxidation sites excluding steroid dienone is 1. The largest absolute Gasteiger partial charge is 0.490 e. The Morgan fingerprint density at radius 1 is 0.714 bits per heavy atom. The molecule has 0 radical (unpaired) electrons. The average Bonchev–Trinajstić information content (AvgIpc) is 2.91. The molecule has 0 aliphatic carbocycles. The molecule has 0 aromatic heterocycles. The highest BCUT2D eigenvalue weighted by atomic mass is 16.5. The van der Waals surface area contributed by atoms with Crippen LogP contribution >= 0.6 is 0 Å². The van der Waals surface area contributed by atoms with Crippen LogP contribution in [0.15, 0.2) is 103 Å². The minimum absolute atomic E-state index is 0.445. The molecule has 0 fully saturated rings. The predicted molar refractivity (Wildman–Crippen MR) is 143 cm³/mol. The van der Waals surface area contributed by atoms with Gasteiger partial charge in [-0.3, -0.25) is 0 Å². The molecule has 5 rings (SSSR count). The van der Waals surface area contributed by atoms with Gasteiger partial charge in [-0.15, -0.1) is 0 Å². The molecular formula is C32H25NO2. The van der Waals surface area contributed by atoms with Crippen molar-refractivity contribution < 1.29 is 9.47 Å². The molecular weight excluding hydrogens is 430 g/mol. The Hall–Kier alpha value is -4.55. The number of benzene rings is 5. The van der Waals surface area contributed by atoms with Gasteiger partial charge in [-0.2, -0.15) is 5.26 Å². The van der Waals surface area contributed by atoms with Gasteiger partial charge in [-0.05, 0) is 75.5 Å². The maximum Gasteiger partial charge on any atom is 0.161 e. The van der Waals surface area contributed by atoms with Crippen LogP contribution in [0.1, 0.15) is 23.6 Å². The van der Waals surface area contributed by atoms with Gasteiger partial charge in [0.15, 0.2) is 11.5 Å². The fraction of sp³-hybridized carbons (Fsp3) is 0.0938. The van der Waals surface area contributed by atoms with Crippen LogP contribution in [0.25, 0.3) is 33.2 Å². The van der Waals surface area contributed by atoms with Crippen molar-refractivity contribution in [1.29, 1.82) is 5.26 Å². The van der Waals surface area contributed by atoms with Crippen molar-refractivity contribution in [3.63, 3.8) is 0 Å². The van der Waals surface area contributed by atoms with E-state index in [9.17, 15) is 5.26 Å². The Balaban J connectivity index is 1.40. The van der Waals surface area contributed by atoms with E-state index in [1.54, 1.807) is 0 Å². The summed E-state index contributed by atoms with van der Waals surface area (Å²) in [6.07, 6.45) is 1.89. The van der Waals surface area contributed by atoms with Gasteiger partial charge in [0, 0.05) is 0 Å². The fourth-order valence-electron chi connectivity index (χ4n) is 4.20. The third-order valence-corrected chi connectivity index (χ3v) is 5.97. The Morgan fingerprint density at radius 3 is 2.11 bits per heavy atom. The van der Waals surface area contributed by atoms with Crippen LogP contribution in [0.5, 0.6) is 11.5 Å². The molecule has 3 nitrogen and oxygen atoms in total. The van der Waals surface area contributed by atoms with Crippen molar-refractivity contribution in [3.05, 3.63) is 120 Å². The van der Waals surface area contributed by atoms with Gasteiger partial charge in [-0.1, -0.05) is 78.9 Å². The molecule has 170 valence electrons. The van der Waals surface area contributed by atoms with Gasteiger partial charge in [0.05, 0.1) is 18.2 Å². The molecule has 0 aliphatic rings. The maximum absolute atomic E-state index is 9.85. The number of fused-ring (bicyclic) bond motifs is 2. The third-order valence-electron chi connectivity index (χ3n) is 5.97. The minimum Gasteiger partial charge on any atom is -0.490 e. The van der Waals surface area contributed by atoms with Crippen LogP contribution < -0.4 is 9.47 Å². The highest BCUT2D eigenvalue weighted by molar-refractivity contribution is 5.94. The molecule has 0 aliphatic heterocycles. The van der Waals surface area contributed by atoms with Crippen molar-refractivity contribution in [2.75, 3.05) is 6.61 Å². The van der Waals surface area contributed by atoms with Gasteiger partial charge in [0.2, 0.25) is 0 Å². The van der Waals surface area contributed by atoms with Gasteiger partial charge in [-0.25, -0.2) is 0 Å². The SMILES string of the molecule is CCOc1cc(C=C(C#N)c2ccc3ccccc3c2)ccc1OCc1ccc2ccccc2c1. The standard InChI is InChI=1S/C32H25NO2/c1-2-34-32-19-23(17-30(21-33)29-15-14-26-8-4-6-10-28(26)20-29)12-16-31(32)35-22-24-11-13-25-7-3-5-9-27(25)18-24/h3-20H,2,22H2,1H3. The van der Waals surface area contributed by atoms with Gasteiger partial charge >= 0.3 is 0 Å². The molecule has 0 atom stereocenters. The van der Waals surface area contributed by atoms with E-state index in [2.05, 4.69) is 54.6 Å². The first-order chi connectivity index (χ1) is 17.2. The van der Waals surface area contributed by atoms with E-state index in [1.165, 1.54) is 10.8 Å². The van der Waals surface area contributed by atoms with Crippen molar-refractivity contribution in [3.8, 4) is 17.6 Å². The first-order valence-corrected chi connectivity index (χ1v) is 11.7. The normalized spacial score (nSPS) is 11.4. The molecule has 0 saturated carbocycles. The average molecular weight is 456 g/mol. The number of nitriles is 1. The van der Waals surface area contributed by atoms with E-state index in [-0.39, 0.29) is 0 Å². The van der Waals surface area contributed by atoms with Crippen molar-refractivity contribution in [2.45, 2.75) is 13.5 Å². The first-order valence-electron chi connectivity index (χ1n) is 11.7. The summed E-state index contributed by atoms with van der Waals surface area (Å²) in [6, 6.07) is 37.0. The molecule has 5 aromatic carbocycles. The van der Waals surface area contributed by atoms with E-state index >= 15 is 0 Å². The zero-order valence-electron chi connectivity index (χ0n) is 19.6. The summed E-state index contributed by atoms with van der Waals surface area (Å²) in [5.74, 6) is 1.35. The zero-order valence-corrected chi connectivity index (χ0v) is 19.6. The summed E-state index contributed by atoms with van der Waals surface area (Å²) in [6.45, 7) is 2.92. The highest BCUT2D eigenvalue weighted by Crippen LogP contribution is 2.31. The van der Waals surface area contributed by atoms with Crippen LogP contribution in [0.3, 0.4) is 0 Å². The second kappa shape index (κ2) is 10.2. The van der Waals surface area contributed by atoms with Crippen LogP contribution in [-0.2, 0) is 6.61 Å². The summed E-state index contributed by atoms with van der Waals surface area (Å²) < 4.78 is 12.0. The highest BCUT2D eigenvalue weighted by Gasteiger charge is 2.09. The van der Waals surface area contributed by atoms with Gasteiger partial charge in [0.25, 0.3) is 0 Å². The molecule has 3 heteroatoms.